The summed E-state index contributed by atoms with van der Waals surface area (Å²) in [5.41, 5.74) is 3.24. The van der Waals surface area contributed by atoms with Gasteiger partial charge in [0.15, 0.2) is 5.78 Å². The molecular formula is C13H17NO. The maximum atomic E-state index is 12.2. The predicted molar refractivity (Wildman–Crippen MR) is 61.2 cm³/mol. The van der Waals surface area contributed by atoms with Gasteiger partial charge in [-0.3, -0.25) is 4.79 Å². The van der Waals surface area contributed by atoms with Crippen LogP contribution in [-0.2, 0) is 0 Å². The maximum absolute atomic E-state index is 12.2. The molecular weight excluding hydrogens is 186 g/mol. The molecule has 2 heteroatoms. The lowest BCUT2D eigenvalue weighted by Gasteiger charge is -2.11. The standard InChI is InChI=1S/C13H17NO/c1-9-4-3-5-12(10(9)2)13(15)11-6-7-14-8-11/h3-5,11,14H,6-8H2,1-2H3. The molecule has 80 valence electrons. The SMILES string of the molecule is Cc1cccc(C(=O)C2CCNC2)c1C. The molecule has 0 radical (unpaired) electrons. The number of nitrogens with one attached hydrogen (secondary N) is 1. The van der Waals surface area contributed by atoms with Gasteiger partial charge in [-0.15, -0.1) is 0 Å². The molecule has 1 unspecified atom stereocenters. The highest BCUT2D eigenvalue weighted by atomic mass is 16.1. The first-order valence-corrected chi connectivity index (χ1v) is 5.51. The third kappa shape index (κ3) is 1.95. The minimum Gasteiger partial charge on any atom is -0.316 e. The number of ketones is 1. The Morgan fingerprint density at radius 1 is 1.40 bits per heavy atom. The zero-order valence-electron chi connectivity index (χ0n) is 9.34. The zero-order chi connectivity index (χ0) is 10.8. The summed E-state index contributed by atoms with van der Waals surface area (Å²) in [4.78, 5) is 12.2. The van der Waals surface area contributed by atoms with Crippen molar-refractivity contribution < 1.29 is 4.79 Å². The van der Waals surface area contributed by atoms with Crippen molar-refractivity contribution in [1.29, 1.82) is 0 Å². The van der Waals surface area contributed by atoms with Gasteiger partial charge >= 0.3 is 0 Å². The Hall–Kier alpha value is -1.15. The highest BCUT2D eigenvalue weighted by molar-refractivity contribution is 5.99. The fourth-order valence-corrected chi connectivity index (χ4v) is 2.12. The lowest BCUT2D eigenvalue weighted by molar-refractivity contribution is 0.0929. The second-order valence-electron chi connectivity index (χ2n) is 4.30. The van der Waals surface area contributed by atoms with E-state index in [0.29, 0.717) is 5.78 Å². The third-order valence-corrected chi connectivity index (χ3v) is 3.30. The molecule has 0 bridgehead atoms. The molecule has 2 rings (SSSR count). The normalized spacial score (nSPS) is 20.5. The van der Waals surface area contributed by atoms with Crippen molar-refractivity contribution in [2.45, 2.75) is 20.3 Å². The van der Waals surface area contributed by atoms with Crippen molar-refractivity contribution in [3.05, 3.63) is 34.9 Å². The first-order chi connectivity index (χ1) is 7.20. The summed E-state index contributed by atoms with van der Waals surface area (Å²) in [6.07, 6.45) is 0.978. The number of aryl methyl sites for hydroxylation is 1. The lowest BCUT2D eigenvalue weighted by Crippen LogP contribution is -2.18. The van der Waals surface area contributed by atoms with Crippen molar-refractivity contribution >= 4 is 5.78 Å². The van der Waals surface area contributed by atoms with Crippen LogP contribution in [0.2, 0.25) is 0 Å². The lowest BCUT2D eigenvalue weighted by atomic mass is 9.92. The summed E-state index contributed by atoms with van der Waals surface area (Å²) < 4.78 is 0. The molecule has 0 aromatic heterocycles. The van der Waals surface area contributed by atoms with E-state index in [-0.39, 0.29) is 5.92 Å². The molecule has 1 saturated heterocycles. The minimum atomic E-state index is 0.186. The molecule has 0 spiro atoms. The Morgan fingerprint density at radius 2 is 2.20 bits per heavy atom. The number of carbonyl (C=O) groups is 1. The number of benzene rings is 1. The van der Waals surface area contributed by atoms with Crippen molar-refractivity contribution in [2.75, 3.05) is 13.1 Å². The first-order valence-electron chi connectivity index (χ1n) is 5.51. The quantitative estimate of drug-likeness (QED) is 0.746. The number of Topliss-reactive ketones (excluding diaryl/α,β-unsaturated/α-hetero) is 1. The van der Waals surface area contributed by atoms with Crippen molar-refractivity contribution in [1.82, 2.24) is 5.32 Å². The smallest absolute Gasteiger partial charge is 0.167 e. The van der Waals surface area contributed by atoms with Crippen LogP contribution < -0.4 is 5.32 Å². The Labute approximate surface area is 90.7 Å². The summed E-state index contributed by atoms with van der Waals surface area (Å²) in [5, 5.41) is 3.24. The van der Waals surface area contributed by atoms with Crippen LogP contribution >= 0.6 is 0 Å². The van der Waals surface area contributed by atoms with E-state index in [4.69, 9.17) is 0 Å². The van der Waals surface area contributed by atoms with E-state index in [1.54, 1.807) is 0 Å². The van der Waals surface area contributed by atoms with Crippen LogP contribution in [-0.4, -0.2) is 18.9 Å². The predicted octanol–water partition coefficient (Wildman–Crippen LogP) is 2.10. The molecule has 1 fully saturated rings. The van der Waals surface area contributed by atoms with E-state index in [9.17, 15) is 4.79 Å². The fourth-order valence-electron chi connectivity index (χ4n) is 2.12. The molecule has 1 atom stereocenters. The zero-order valence-corrected chi connectivity index (χ0v) is 9.34. The topological polar surface area (TPSA) is 29.1 Å². The monoisotopic (exact) mass is 203 g/mol. The van der Waals surface area contributed by atoms with Crippen LogP contribution in [0.4, 0.5) is 0 Å². The van der Waals surface area contributed by atoms with E-state index in [2.05, 4.69) is 18.3 Å². The van der Waals surface area contributed by atoms with Crippen LogP contribution in [0, 0.1) is 19.8 Å². The van der Waals surface area contributed by atoms with Crippen LogP contribution in [0.3, 0.4) is 0 Å². The number of carbonyl (C=O) groups excluding carboxylic acids is 1. The summed E-state index contributed by atoms with van der Waals surface area (Å²) in [5.74, 6) is 0.492. The van der Waals surface area contributed by atoms with Gasteiger partial charge in [0, 0.05) is 18.0 Å². The summed E-state index contributed by atoms with van der Waals surface area (Å²) in [6, 6.07) is 5.97. The van der Waals surface area contributed by atoms with Crippen LogP contribution in [0.25, 0.3) is 0 Å². The van der Waals surface area contributed by atoms with E-state index in [1.165, 1.54) is 5.56 Å². The molecule has 0 amide bonds. The molecule has 15 heavy (non-hydrogen) atoms. The van der Waals surface area contributed by atoms with Gasteiger partial charge in [-0.1, -0.05) is 18.2 Å². The average Bonchev–Trinajstić information content (AvgIpc) is 2.74. The highest BCUT2D eigenvalue weighted by Gasteiger charge is 2.24. The molecule has 1 aromatic carbocycles. The summed E-state index contributed by atoms with van der Waals surface area (Å²) in [6.45, 7) is 5.90. The van der Waals surface area contributed by atoms with Gasteiger partial charge in [0.1, 0.15) is 0 Å². The largest absolute Gasteiger partial charge is 0.316 e. The van der Waals surface area contributed by atoms with Crippen molar-refractivity contribution in [2.24, 2.45) is 5.92 Å². The van der Waals surface area contributed by atoms with Crippen LogP contribution in [0.1, 0.15) is 27.9 Å². The van der Waals surface area contributed by atoms with Gasteiger partial charge in [-0.05, 0) is 37.9 Å². The fraction of sp³-hybridized carbons (Fsp3) is 0.462. The second-order valence-corrected chi connectivity index (χ2v) is 4.30. The maximum Gasteiger partial charge on any atom is 0.167 e. The molecule has 2 nitrogen and oxygen atoms in total. The highest BCUT2D eigenvalue weighted by Crippen LogP contribution is 2.20. The molecule has 1 heterocycles. The van der Waals surface area contributed by atoms with Gasteiger partial charge in [-0.2, -0.15) is 0 Å². The van der Waals surface area contributed by atoms with Gasteiger partial charge in [0.2, 0.25) is 0 Å². The van der Waals surface area contributed by atoms with E-state index in [0.717, 1.165) is 30.6 Å². The molecule has 0 saturated carbocycles. The van der Waals surface area contributed by atoms with Crippen molar-refractivity contribution in [3.8, 4) is 0 Å². The molecule has 0 aliphatic carbocycles. The third-order valence-electron chi connectivity index (χ3n) is 3.30. The van der Waals surface area contributed by atoms with Gasteiger partial charge in [-0.25, -0.2) is 0 Å². The molecule has 1 N–H and O–H groups in total. The van der Waals surface area contributed by atoms with Crippen LogP contribution in [0.5, 0.6) is 0 Å². The second kappa shape index (κ2) is 4.15. The van der Waals surface area contributed by atoms with Crippen LogP contribution in [0.15, 0.2) is 18.2 Å². The summed E-state index contributed by atoms with van der Waals surface area (Å²) >= 11 is 0. The van der Waals surface area contributed by atoms with E-state index in [1.807, 2.05) is 19.1 Å². The van der Waals surface area contributed by atoms with Gasteiger partial charge in [0.05, 0.1) is 0 Å². The molecule has 1 aliphatic rings. The van der Waals surface area contributed by atoms with E-state index >= 15 is 0 Å². The Balaban J connectivity index is 2.28. The van der Waals surface area contributed by atoms with Gasteiger partial charge < -0.3 is 5.32 Å². The van der Waals surface area contributed by atoms with E-state index < -0.39 is 0 Å². The average molecular weight is 203 g/mol. The Bertz CT molecular complexity index is 378. The Kier molecular flexibility index (Phi) is 2.87. The number of rotatable bonds is 2. The molecule has 1 aromatic rings. The minimum absolute atomic E-state index is 0.186. The first kappa shape index (κ1) is 10.4. The van der Waals surface area contributed by atoms with Gasteiger partial charge in [0.25, 0.3) is 0 Å². The molecule has 1 aliphatic heterocycles. The Morgan fingerprint density at radius 3 is 2.87 bits per heavy atom. The summed E-state index contributed by atoms with van der Waals surface area (Å²) in [7, 11) is 0. The number of hydrogen-bond donors (Lipinski definition) is 1. The number of hydrogen-bond acceptors (Lipinski definition) is 2. The van der Waals surface area contributed by atoms with Crippen molar-refractivity contribution in [3.63, 3.8) is 0 Å².